The molecular formula is C16H23N3O2. The number of hydrogen-bond donors (Lipinski definition) is 2. The number of carbonyl (C=O) groups is 1. The van der Waals surface area contributed by atoms with E-state index in [-0.39, 0.29) is 11.4 Å². The summed E-state index contributed by atoms with van der Waals surface area (Å²) in [5.41, 5.74) is 1.65. The molecule has 5 heteroatoms. The van der Waals surface area contributed by atoms with Gasteiger partial charge in [-0.15, -0.1) is 0 Å². The minimum absolute atomic E-state index is 0.0522. The molecule has 1 aliphatic heterocycles. The smallest absolute Gasteiger partial charge is 0.255 e. The predicted molar refractivity (Wildman–Crippen MR) is 83.0 cm³/mol. The fourth-order valence-electron chi connectivity index (χ4n) is 3.06. The van der Waals surface area contributed by atoms with Gasteiger partial charge in [-0.05, 0) is 45.5 Å². The molecule has 1 heterocycles. The maximum absolute atomic E-state index is 12.5. The number of hydrogen-bond acceptors (Lipinski definition) is 4. The Morgan fingerprint density at radius 2 is 2.24 bits per heavy atom. The van der Waals surface area contributed by atoms with Crippen LogP contribution in [0, 0.1) is 0 Å². The van der Waals surface area contributed by atoms with Gasteiger partial charge in [0.05, 0.1) is 11.3 Å². The van der Waals surface area contributed by atoms with E-state index in [1.54, 1.807) is 0 Å². The molecule has 1 aromatic carbocycles. The summed E-state index contributed by atoms with van der Waals surface area (Å²) in [5, 5.41) is 6.34. The Kier molecular flexibility index (Phi) is 3.76. The molecule has 1 amide bonds. The van der Waals surface area contributed by atoms with Crippen molar-refractivity contribution in [2.75, 3.05) is 39.1 Å². The number of ether oxygens (including phenoxy) is 1. The third kappa shape index (κ3) is 2.58. The highest BCUT2D eigenvalue weighted by atomic mass is 16.5. The summed E-state index contributed by atoms with van der Waals surface area (Å²) in [5.74, 6) is 0.623. The highest BCUT2D eigenvalue weighted by Crippen LogP contribution is 2.36. The number of nitrogens with one attached hydrogen (secondary N) is 2. The van der Waals surface area contributed by atoms with Gasteiger partial charge in [0.1, 0.15) is 6.61 Å². The lowest BCUT2D eigenvalue weighted by Crippen LogP contribution is -2.57. The molecule has 2 N–H and O–H groups in total. The minimum Gasteiger partial charge on any atom is -0.489 e. The van der Waals surface area contributed by atoms with Crippen molar-refractivity contribution in [3.05, 3.63) is 23.8 Å². The van der Waals surface area contributed by atoms with Crippen molar-refractivity contribution >= 4 is 11.6 Å². The molecule has 1 aliphatic carbocycles. The van der Waals surface area contributed by atoms with Gasteiger partial charge >= 0.3 is 0 Å². The van der Waals surface area contributed by atoms with Crippen LogP contribution in [0.15, 0.2) is 18.2 Å². The monoisotopic (exact) mass is 289 g/mol. The zero-order chi connectivity index (χ0) is 14.9. The lowest BCUT2D eigenvalue weighted by atomic mass is 9.75. The van der Waals surface area contributed by atoms with Crippen molar-refractivity contribution in [1.82, 2.24) is 10.2 Å². The Bertz CT molecular complexity index is 538. The van der Waals surface area contributed by atoms with E-state index in [0.29, 0.717) is 24.5 Å². The summed E-state index contributed by atoms with van der Waals surface area (Å²) in [6, 6.07) is 5.66. The van der Waals surface area contributed by atoms with Gasteiger partial charge in [-0.1, -0.05) is 6.07 Å². The molecule has 1 fully saturated rings. The van der Waals surface area contributed by atoms with Crippen LogP contribution >= 0.6 is 0 Å². The fourth-order valence-corrected chi connectivity index (χ4v) is 3.06. The number of likely N-dealkylation sites (N-methyl/N-ethyl adjacent to an activating group) is 1. The molecule has 0 atom stereocenters. The van der Waals surface area contributed by atoms with Crippen molar-refractivity contribution in [3.8, 4) is 5.75 Å². The van der Waals surface area contributed by atoms with Gasteiger partial charge < -0.3 is 20.3 Å². The van der Waals surface area contributed by atoms with E-state index in [1.165, 1.54) is 6.42 Å². The van der Waals surface area contributed by atoms with Gasteiger partial charge in [0, 0.05) is 18.6 Å². The number of fused-ring (bicyclic) bond motifs is 1. The quantitative estimate of drug-likeness (QED) is 0.886. The molecule has 3 rings (SSSR count). The standard InChI is InChI=1S/C16H23N3O2/c1-19(2)16(7-4-8-16)11-18-15(20)12-5-3-6-13-14(12)21-10-9-17-13/h3,5-6,17H,4,7-11H2,1-2H3,(H,18,20). The van der Waals surface area contributed by atoms with E-state index in [0.717, 1.165) is 25.1 Å². The predicted octanol–water partition coefficient (Wildman–Crippen LogP) is 1.70. The number of benzene rings is 1. The van der Waals surface area contributed by atoms with Crippen LogP contribution < -0.4 is 15.4 Å². The van der Waals surface area contributed by atoms with Crippen LogP contribution in [-0.2, 0) is 0 Å². The molecule has 21 heavy (non-hydrogen) atoms. The largest absolute Gasteiger partial charge is 0.489 e. The molecule has 5 nitrogen and oxygen atoms in total. The second-order valence-corrected chi connectivity index (χ2v) is 6.11. The Morgan fingerprint density at radius 1 is 1.43 bits per heavy atom. The zero-order valence-corrected chi connectivity index (χ0v) is 12.7. The Hall–Kier alpha value is -1.75. The third-order valence-corrected chi connectivity index (χ3v) is 4.73. The van der Waals surface area contributed by atoms with E-state index in [2.05, 4.69) is 29.6 Å². The Balaban J connectivity index is 1.71. The van der Waals surface area contributed by atoms with Gasteiger partial charge in [-0.3, -0.25) is 4.79 Å². The first-order valence-corrected chi connectivity index (χ1v) is 7.58. The average Bonchev–Trinajstić information content (AvgIpc) is 2.45. The highest BCUT2D eigenvalue weighted by molar-refractivity contribution is 5.99. The summed E-state index contributed by atoms with van der Waals surface area (Å²) >= 11 is 0. The van der Waals surface area contributed by atoms with Crippen molar-refractivity contribution in [1.29, 1.82) is 0 Å². The molecule has 0 aromatic heterocycles. The van der Waals surface area contributed by atoms with Crippen molar-refractivity contribution < 1.29 is 9.53 Å². The summed E-state index contributed by atoms with van der Waals surface area (Å²) < 4.78 is 5.66. The molecule has 0 radical (unpaired) electrons. The SMILES string of the molecule is CN(C)C1(CNC(=O)c2cccc3c2OCCN3)CCC1. The maximum Gasteiger partial charge on any atom is 0.255 e. The lowest BCUT2D eigenvalue weighted by Gasteiger charge is -2.47. The molecule has 0 saturated heterocycles. The molecular weight excluding hydrogens is 266 g/mol. The first kappa shape index (κ1) is 14.2. The van der Waals surface area contributed by atoms with Crippen molar-refractivity contribution in [2.45, 2.75) is 24.8 Å². The van der Waals surface area contributed by atoms with Crippen molar-refractivity contribution in [3.63, 3.8) is 0 Å². The Labute approximate surface area is 125 Å². The molecule has 2 aliphatic rings. The van der Waals surface area contributed by atoms with E-state index in [9.17, 15) is 4.79 Å². The second kappa shape index (κ2) is 5.56. The fraction of sp³-hybridized carbons (Fsp3) is 0.562. The first-order chi connectivity index (χ1) is 10.1. The van der Waals surface area contributed by atoms with Crippen LogP contribution in [0.5, 0.6) is 5.75 Å². The van der Waals surface area contributed by atoms with E-state index >= 15 is 0 Å². The third-order valence-electron chi connectivity index (χ3n) is 4.73. The number of anilines is 1. The molecule has 114 valence electrons. The van der Waals surface area contributed by atoms with E-state index < -0.39 is 0 Å². The minimum atomic E-state index is -0.0522. The molecule has 1 aromatic rings. The zero-order valence-electron chi connectivity index (χ0n) is 12.7. The van der Waals surface area contributed by atoms with Gasteiger partial charge in [0.25, 0.3) is 5.91 Å². The van der Waals surface area contributed by atoms with E-state index in [4.69, 9.17) is 4.74 Å². The van der Waals surface area contributed by atoms with Gasteiger partial charge in [-0.25, -0.2) is 0 Å². The van der Waals surface area contributed by atoms with Crippen molar-refractivity contribution in [2.24, 2.45) is 0 Å². The maximum atomic E-state index is 12.5. The average molecular weight is 289 g/mol. The number of rotatable bonds is 4. The molecule has 0 bridgehead atoms. The van der Waals surface area contributed by atoms with Gasteiger partial charge in [0.2, 0.25) is 0 Å². The van der Waals surface area contributed by atoms with Crippen LogP contribution in [0.2, 0.25) is 0 Å². The number of carbonyl (C=O) groups excluding carboxylic acids is 1. The van der Waals surface area contributed by atoms with Crippen LogP contribution in [0.3, 0.4) is 0 Å². The second-order valence-electron chi connectivity index (χ2n) is 6.11. The summed E-state index contributed by atoms with van der Waals surface area (Å²) in [6.07, 6.45) is 3.53. The first-order valence-electron chi connectivity index (χ1n) is 7.58. The van der Waals surface area contributed by atoms with Crippen LogP contribution in [0.4, 0.5) is 5.69 Å². The molecule has 0 spiro atoms. The van der Waals surface area contributed by atoms with E-state index in [1.807, 2.05) is 18.2 Å². The summed E-state index contributed by atoms with van der Waals surface area (Å²) in [4.78, 5) is 14.7. The number of para-hydroxylation sites is 1. The number of nitrogens with zero attached hydrogens (tertiary/aromatic N) is 1. The Morgan fingerprint density at radius 3 is 2.90 bits per heavy atom. The van der Waals surface area contributed by atoms with Crippen LogP contribution in [0.1, 0.15) is 29.6 Å². The summed E-state index contributed by atoms with van der Waals surface area (Å²) in [6.45, 7) is 2.07. The van der Waals surface area contributed by atoms with Gasteiger partial charge in [-0.2, -0.15) is 0 Å². The van der Waals surface area contributed by atoms with Crippen LogP contribution in [-0.4, -0.2) is 50.1 Å². The lowest BCUT2D eigenvalue weighted by molar-refractivity contribution is 0.0556. The molecule has 1 saturated carbocycles. The highest BCUT2D eigenvalue weighted by Gasteiger charge is 2.39. The topological polar surface area (TPSA) is 53.6 Å². The normalized spacial score (nSPS) is 19.0. The summed E-state index contributed by atoms with van der Waals surface area (Å²) in [7, 11) is 4.17. The number of amides is 1. The van der Waals surface area contributed by atoms with Crippen LogP contribution in [0.25, 0.3) is 0 Å². The molecule has 0 unspecified atom stereocenters. The van der Waals surface area contributed by atoms with Gasteiger partial charge in [0.15, 0.2) is 5.75 Å².